The fraction of sp³-hybridized carbons (Fsp3) is 0.333. The molecule has 0 aromatic heterocycles. The predicted octanol–water partition coefficient (Wildman–Crippen LogP) is 2.32. The van der Waals surface area contributed by atoms with E-state index in [1.165, 1.54) is 5.56 Å². The van der Waals surface area contributed by atoms with E-state index in [0.717, 1.165) is 11.3 Å². The topological polar surface area (TPSA) is 71.1 Å². The van der Waals surface area contributed by atoms with Gasteiger partial charge in [0.2, 0.25) is 5.91 Å². The quantitative estimate of drug-likeness (QED) is 0.863. The fourth-order valence-corrected chi connectivity index (χ4v) is 3.30. The van der Waals surface area contributed by atoms with Gasteiger partial charge in [0.05, 0.1) is 0 Å². The Bertz CT molecular complexity index is 882. The number of benzene rings is 2. The minimum atomic E-state index is -0.179. The molecule has 0 spiro atoms. The molecule has 0 saturated carbocycles. The number of ether oxygens (including phenoxy) is 2. The molecule has 2 aromatic carbocycles. The number of nitrogens with zero attached hydrogens (tertiary/aromatic N) is 2. The van der Waals surface area contributed by atoms with Crippen LogP contribution in [0, 0.1) is 6.92 Å². The van der Waals surface area contributed by atoms with Crippen molar-refractivity contribution in [2.24, 2.45) is 0 Å². The van der Waals surface area contributed by atoms with Crippen LogP contribution in [-0.4, -0.2) is 49.7 Å². The number of urea groups is 1. The third-order valence-electron chi connectivity index (χ3n) is 4.88. The van der Waals surface area contributed by atoms with E-state index in [-0.39, 0.29) is 18.5 Å². The molecule has 0 radical (unpaired) electrons. The number of anilines is 1. The largest absolute Gasteiger partial charge is 0.486 e. The minimum absolute atomic E-state index is 0.0474. The normalized spacial score (nSPS) is 15.7. The molecule has 1 N–H and O–H groups in total. The summed E-state index contributed by atoms with van der Waals surface area (Å²) in [7, 11) is 0. The number of rotatable bonds is 5. The summed E-state index contributed by atoms with van der Waals surface area (Å²) < 4.78 is 11.1. The molecular formula is C21H23N3O4. The van der Waals surface area contributed by atoms with Crippen molar-refractivity contribution in [2.75, 3.05) is 37.7 Å². The van der Waals surface area contributed by atoms with Gasteiger partial charge in [0.15, 0.2) is 11.5 Å². The molecule has 146 valence electrons. The number of amides is 3. The van der Waals surface area contributed by atoms with E-state index >= 15 is 0 Å². The zero-order valence-corrected chi connectivity index (χ0v) is 15.8. The zero-order chi connectivity index (χ0) is 19.5. The number of aryl methyl sites for hydroxylation is 1. The zero-order valence-electron chi connectivity index (χ0n) is 15.8. The predicted molar refractivity (Wildman–Crippen MR) is 105 cm³/mol. The molecule has 0 unspecified atom stereocenters. The van der Waals surface area contributed by atoms with Gasteiger partial charge >= 0.3 is 6.03 Å². The van der Waals surface area contributed by atoms with Gasteiger partial charge in [-0.25, -0.2) is 4.79 Å². The van der Waals surface area contributed by atoms with Gasteiger partial charge in [-0.2, -0.15) is 0 Å². The first kappa shape index (κ1) is 18.2. The van der Waals surface area contributed by atoms with Gasteiger partial charge in [0.1, 0.15) is 19.8 Å². The molecule has 2 aromatic rings. The van der Waals surface area contributed by atoms with Gasteiger partial charge in [-0.3, -0.25) is 9.69 Å². The van der Waals surface area contributed by atoms with E-state index < -0.39 is 0 Å². The van der Waals surface area contributed by atoms with Crippen LogP contribution in [0.2, 0.25) is 0 Å². The molecule has 3 amide bonds. The maximum atomic E-state index is 12.7. The van der Waals surface area contributed by atoms with Crippen molar-refractivity contribution in [2.45, 2.75) is 13.5 Å². The van der Waals surface area contributed by atoms with Crippen LogP contribution in [0.5, 0.6) is 11.5 Å². The smallest absolute Gasteiger partial charge is 0.325 e. The van der Waals surface area contributed by atoms with Crippen molar-refractivity contribution in [3.63, 3.8) is 0 Å². The molecule has 7 heteroatoms. The number of carbonyl (C=O) groups is 2. The second-order valence-corrected chi connectivity index (χ2v) is 6.95. The van der Waals surface area contributed by atoms with E-state index in [0.29, 0.717) is 44.3 Å². The lowest BCUT2D eigenvalue weighted by Crippen LogP contribution is -2.39. The lowest BCUT2D eigenvalue weighted by atomic mass is 10.1. The molecule has 0 bridgehead atoms. The maximum absolute atomic E-state index is 12.7. The fourth-order valence-electron chi connectivity index (χ4n) is 3.30. The van der Waals surface area contributed by atoms with Crippen molar-refractivity contribution >= 4 is 17.6 Å². The summed E-state index contributed by atoms with van der Waals surface area (Å²) in [5.74, 6) is 1.16. The van der Waals surface area contributed by atoms with Crippen LogP contribution in [0.25, 0.3) is 0 Å². The maximum Gasteiger partial charge on any atom is 0.325 e. The monoisotopic (exact) mass is 381 g/mol. The van der Waals surface area contributed by atoms with Crippen LogP contribution in [-0.2, 0) is 11.3 Å². The highest BCUT2D eigenvalue weighted by atomic mass is 16.6. The van der Waals surface area contributed by atoms with Crippen molar-refractivity contribution < 1.29 is 19.1 Å². The molecule has 1 saturated heterocycles. The average molecular weight is 381 g/mol. The van der Waals surface area contributed by atoms with E-state index in [1.807, 2.05) is 49.4 Å². The third-order valence-corrected chi connectivity index (χ3v) is 4.88. The molecule has 2 aliphatic rings. The molecular weight excluding hydrogens is 358 g/mol. The van der Waals surface area contributed by atoms with Crippen LogP contribution in [0.15, 0.2) is 42.5 Å². The van der Waals surface area contributed by atoms with E-state index in [4.69, 9.17) is 9.47 Å². The van der Waals surface area contributed by atoms with Gasteiger partial charge in [0, 0.05) is 31.4 Å². The van der Waals surface area contributed by atoms with Gasteiger partial charge in [-0.1, -0.05) is 29.8 Å². The van der Waals surface area contributed by atoms with Crippen LogP contribution in [0.3, 0.4) is 0 Å². The highest BCUT2D eigenvalue weighted by Crippen LogP contribution is 2.34. The Morgan fingerprint density at radius 1 is 1.04 bits per heavy atom. The molecule has 4 rings (SSSR count). The lowest BCUT2D eigenvalue weighted by Gasteiger charge is -2.22. The highest BCUT2D eigenvalue weighted by molar-refractivity contribution is 5.96. The lowest BCUT2D eigenvalue weighted by molar-refractivity contribution is -0.121. The van der Waals surface area contributed by atoms with Crippen molar-refractivity contribution in [1.82, 2.24) is 10.2 Å². The first-order chi connectivity index (χ1) is 13.6. The summed E-state index contributed by atoms with van der Waals surface area (Å²) in [6, 6.07) is 13.3. The van der Waals surface area contributed by atoms with E-state index in [1.54, 1.807) is 9.80 Å². The summed E-state index contributed by atoms with van der Waals surface area (Å²) >= 11 is 0. The number of fused-ring (bicyclic) bond motifs is 1. The molecule has 2 aliphatic heterocycles. The third kappa shape index (κ3) is 3.88. The molecule has 0 aliphatic carbocycles. The Kier molecular flexibility index (Phi) is 5.06. The number of hydrogen-bond donors (Lipinski definition) is 1. The minimum Gasteiger partial charge on any atom is -0.486 e. The standard InChI is InChI=1S/C21H23N3O4/c1-15-2-4-16(5-3-15)13-22-20(25)14-23-8-9-24(21(23)26)17-6-7-18-19(12-17)28-11-10-27-18/h2-7,12H,8-11,13-14H2,1H3,(H,22,25). The van der Waals surface area contributed by atoms with Crippen LogP contribution in [0.1, 0.15) is 11.1 Å². The summed E-state index contributed by atoms with van der Waals surface area (Å²) in [6.45, 7) is 4.58. The van der Waals surface area contributed by atoms with Crippen LogP contribution >= 0.6 is 0 Å². The number of hydrogen-bond acceptors (Lipinski definition) is 4. The Hall–Kier alpha value is -3.22. The first-order valence-electron chi connectivity index (χ1n) is 9.38. The van der Waals surface area contributed by atoms with E-state index in [9.17, 15) is 9.59 Å². The van der Waals surface area contributed by atoms with Gasteiger partial charge in [-0.15, -0.1) is 0 Å². The van der Waals surface area contributed by atoms with Crippen molar-refractivity contribution in [1.29, 1.82) is 0 Å². The Balaban J connectivity index is 1.33. The SMILES string of the molecule is Cc1ccc(CNC(=O)CN2CCN(c3ccc4c(c3)OCCO4)C2=O)cc1. The highest BCUT2D eigenvalue weighted by Gasteiger charge is 2.31. The molecule has 2 heterocycles. The van der Waals surface area contributed by atoms with Crippen LogP contribution in [0.4, 0.5) is 10.5 Å². The Morgan fingerprint density at radius 2 is 1.79 bits per heavy atom. The molecule has 7 nitrogen and oxygen atoms in total. The summed E-state index contributed by atoms with van der Waals surface area (Å²) in [5.41, 5.74) is 2.96. The Labute approximate surface area is 163 Å². The second-order valence-electron chi connectivity index (χ2n) is 6.95. The second kappa shape index (κ2) is 7.80. The van der Waals surface area contributed by atoms with Crippen molar-refractivity contribution in [3.05, 3.63) is 53.6 Å². The number of nitrogens with one attached hydrogen (secondary N) is 1. The summed E-state index contributed by atoms with van der Waals surface area (Å²) in [4.78, 5) is 28.2. The first-order valence-corrected chi connectivity index (χ1v) is 9.38. The molecule has 1 fully saturated rings. The number of carbonyl (C=O) groups excluding carboxylic acids is 2. The van der Waals surface area contributed by atoms with Crippen molar-refractivity contribution in [3.8, 4) is 11.5 Å². The van der Waals surface area contributed by atoms with Crippen LogP contribution < -0.4 is 19.7 Å². The van der Waals surface area contributed by atoms with Gasteiger partial charge < -0.3 is 19.7 Å². The van der Waals surface area contributed by atoms with E-state index in [2.05, 4.69) is 5.32 Å². The Morgan fingerprint density at radius 3 is 2.57 bits per heavy atom. The summed E-state index contributed by atoms with van der Waals surface area (Å²) in [5, 5.41) is 2.87. The van der Waals surface area contributed by atoms with Gasteiger partial charge in [0.25, 0.3) is 0 Å². The van der Waals surface area contributed by atoms with Gasteiger partial charge in [-0.05, 0) is 24.6 Å². The molecule has 0 atom stereocenters. The molecule has 28 heavy (non-hydrogen) atoms. The average Bonchev–Trinajstić information content (AvgIpc) is 3.07. The summed E-state index contributed by atoms with van der Waals surface area (Å²) in [6.07, 6.45) is 0.